The van der Waals surface area contributed by atoms with Gasteiger partial charge in [-0.3, -0.25) is 9.36 Å². The third-order valence-electron chi connectivity index (χ3n) is 5.14. The molecule has 7 nitrogen and oxygen atoms in total. The number of aromatic nitrogens is 1. The van der Waals surface area contributed by atoms with Gasteiger partial charge in [0.2, 0.25) is 0 Å². The molecule has 0 saturated heterocycles. The first-order chi connectivity index (χ1) is 15.4. The predicted molar refractivity (Wildman–Crippen MR) is 121 cm³/mol. The summed E-state index contributed by atoms with van der Waals surface area (Å²) in [6, 6.07) is 10.4. The van der Waals surface area contributed by atoms with Crippen LogP contribution in [0, 0.1) is 6.92 Å². The Morgan fingerprint density at radius 2 is 2.03 bits per heavy atom. The Balaban J connectivity index is 1.98. The molecule has 0 bridgehead atoms. The van der Waals surface area contributed by atoms with Gasteiger partial charge in [0, 0.05) is 11.6 Å². The summed E-state index contributed by atoms with van der Waals surface area (Å²) >= 11 is 1.25. The molecule has 32 heavy (non-hydrogen) atoms. The standard InChI is InChI=1S/C24H24N2O5S/c1-5-12-30-18-9-7-6-8-17(18)21-20(23(28)29-4)15(3)25-24-26(21)22(27)19(32-24)13-16-11-10-14(2)31-16/h6-11,13,21H,5,12H2,1-4H3/b19-13-. The van der Waals surface area contributed by atoms with Crippen molar-refractivity contribution in [3.63, 3.8) is 0 Å². The van der Waals surface area contributed by atoms with E-state index in [1.165, 1.54) is 18.4 Å². The molecule has 8 heteroatoms. The smallest absolute Gasteiger partial charge is 0.338 e. The number of aryl methyl sites for hydroxylation is 1. The zero-order valence-electron chi connectivity index (χ0n) is 18.4. The maximum atomic E-state index is 13.5. The molecule has 2 aromatic heterocycles. The van der Waals surface area contributed by atoms with E-state index in [0.717, 1.165) is 12.2 Å². The molecule has 1 unspecified atom stereocenters. The van der Waals surface area contributed by atoms with Crippen LogP contribution in [-0.4, -0.2) is 24.3 Å². The number of methoxy groups -OCH3 is 1. The molecule has 1 aliphatic rings. The lowest BCUT2D eigenvalue weighted by Gasteiger charge is -2.26. The molecule has 0 amide bonds. The number of rotatable bonds is 6. The van der Waals surface area contributed by atoms with Crippen LogP contribution in [0.1, 0.15) is 43.4 Å². The molecule has 0 spiro atoms. The number of hydrogen-bond donors (Lipinski definition) is 0. The molecule has 0 radical (unpaired) electrons. The lowest BCUT2D eigenvalue weighted by atomic mass is 9.95. The normalized spacial score (nSPS) is 16.0. The molecular formula is C24H24N2O5S. The van der Waals surface area contributed by atoms with Crippen molar-refractivity contribution in [3.8, 4) is 5.75 Å². The van der Waals surface area contributed by atoms with Gasteiger partial charge in [-0.05, 0) is 38.5 Å². The number of carbonyl (C=O) groups is 1. The van der Waals surface area contributed by atoms with E-state index in [9.17, 15) is 9.59 Å². The Hall–Kier alpha value is -3.39. The molecule has 1 aromatic carbocycles. The van der Waals surface area contributed by atoms with E-state index in [4.69, 9.17) is 13.9 Å². The minimum absolute atomic E-state index is 0.257. The number of para-hydroxylation sites is 1. The van der Waals surface area contributed by atoms with Crippen LogP contribution in [0.2, 0.25) is 0 Å². The lowest BCUT2D eigenvalue weighted by molar-refractivity contribution is -0.136. The van der Waals surface area contributed by atoms with Gasteiger partial charge >= 0.3 is 5.97 Å². The van der Waals surface area contributed by atoms with Gasteiger partial charge in [-0.25, -0.2) is 9.79 Å². The van der Waals surface area contributed by atoms with Gasteiger partial charge in [0.15, 0.2) is 4.80 Å². The van der Waals surface area contributed by atoms with E-state index in [2.05, 4.69) is 4.99 Å². The van der Waals surface area contributed by atoms with Crippen LogP contribution in [0.3, 0.4) is 0 Å². The van der Waals surface area contributed by atoms with Crippen LogP contribution in [0.25, 0.3) is 6.08 Å². The molecular weight excluding hydrogens is 428 g/mol. The number of fused-ring (bicyclic) bond motifs is 1. The average molecular weight is 453 g/mol. The number of esters is 1. The fourth-order valence-electron chi connectivity index (χ4n) is 3.70. The zero-order valence-corrected chi connectivity index (χ0v) is 19.2. The Kier molecular flexibility index (Phi) is 6.14. The van der Waals surface area contributed by atoms with Crippen molar-refractivity contribution in [2.24, 2.45) is 4.99 Å². The highest BCUT2D eigenvalue weighted by molar-refractivity contribution is 7.07. The van der Waals surface area contributed by atoms with E-state index in [1.54, 1.807) is 17.6 Å². The van der Waals surface area contributed by atoms with Gasteiger partial charge in [0.05, 0.1) is 29.5 Å². The van der Waals surface area contributed by atoms with E-state index in [1.807, 2.05) is 50.2 Å². The zero-order chi connectivity index (χ0) is 22.8. The second-order valence-corrected chi connectivity index (χ2v) is 8.42. The maximum absolute atomic E-state index is 13.5. The van der Waals surface area contributed by atoms with Crippen molar-refractivity contribution in [1.82, 2.24) is 4.57 Å². The maximum Gasteiger partial charge on any atom is 0.338 e. The molecule has 0 saturated carbocycles. The van der Waals surface area contributed by atoms with E-state index < -0.39 is 12.0 Å². The van der Waals surface area contributed by atoms with Crippen LogP contribution in [0.4, 0.5) is 0 Å². The first kappa shape index (κ1) is 21.8. The van der Waals surface area contributed by atoms with Crippen molar-refractivity contribution in [1.29, 1.82) is 0 Å². The second kappa shape index (κ2) is 9.00. The number of benzene rings is 1. The Morgan fingerprint density at radius 1 is 1.25 bits per heavy atom. The van der Waals surface area contributed by atoms with Crippen molar-refractivity contribution < 1.29 is 18.7 Å². The van der Waals surface area contributed by atoms with Gasteiger partial charge in [0.1, 0.15) is 23.3 Å². The van der Waals surface area contributed by atoms with Crippen LogP contribution >= 0.6 is 11.3 Å². The summed E-state index contributed by atoms with van der Waals surface area (Å²) in [5.74, 6) is 1.43. The van der Waals surface area contributed by atoms with Crippen molar-refractivity contribution >= 4 is 23.4 Å². The molecule has 166 valence electrons. The SMILES string of the molecule is CCCOc1ccccc1C1C(C(=O)OC)=C(C)N=c2s/c(=C\c3ccc(C)o3)c(=O)n21. The van der Waals surface area contributed by atoms with Crippen molar-refractivity contribution in [2.45, 2.75) is 33.2 Å². The number of nitrogens with zero attached hydrogens (tertiary/aromatic N) is 2. The Labute approximate surface area is 188 Å². The third kappa shape index (κ3) is 3.93. The van der Waals surface area contributed by atoms with Crippen LogP contribution in [0.5, 0.6) is 5.75 Å². The summed E-state index contributed by atoms with van der Waals surface area (Å²) in [7, 11) is 1.32. The fraction of sp³-hybridized carbons (Fsp3) is 0.292. The molecule has 0 aliphatic carbocycles. The molecule has 4 rings (SSSR count). The Bertz CT molecular complexity index is 1380. The van der Waals surface area contributed by atoms with Crippen molar-refractivity contribution in [3.05, 3.63) is 84.4 Å². The van der Waals surface area contributed by atoms with Gasteiger partial charge in [-0.2, -0.15) is 0 Å². The van der Waals surface area contributed by atoms with Crippen LogP contribution in [-0.2, 0) is 9.53 Å². The second-order valence-electron chi connectivity index (χ2n) is 7.41. The summed E-state index contributed by atoms with van der Waals surface area (Å²) in [4.78, 5) is 31.4. The molecule has 3 aromatic rings. The summed E-state index contributed by atoms with van der Waals surface area (Å²) in [5, 5.41) is 0. The van der Waals surface area contributed by atoms with E-state index in [-0.39, 0.29) is 5.56 Å². The number of ether oxygens (including phenoxy) is 2. The summed E-state index contributed by atoms with van der Waals surface area (Å²) in [6.45, 7) is 6.14. The molecule has 0 fully saturated rings. The fourth-order valence-corrected chi connectivity index (χ4v) is 4.72. The highest BCUT2D eigenvalue weighted by atomic mass is 32.1. The number of thiazole rings is 1. The van der Waals surface area contributed by atoms with Gasteiger partial charge in [-0.15, -0.1) is 0 Å². The lowest BCUT2D eigenvalue weighted by Crippen LogP contribution is -2.40. The largest absolute Gasteiger partial charge is 0.493 e. The number of allylic oxidation sites excluding steroid dienone is 1. The van der Waals surface area contributed by atoms with Gasteiger partial charge in [-0.1, -0.05) is 36.5 Å². The van der Waals surface area contributed by atoms with Crippen molar-refractivity contribution in [2.75, 3.05) is 13.7 Å². The predicted octanol–water partition coefficient (Wildman–Crippen LogP) is 3.10. The molecule has 1 aliphatic heterocycles. The first-order valence-corrected chi connectivity index (χ1v) is 11.1. The van der Waals surface area contributed by atoms with E-state index >= 15 is 0 Å². The first-order valence-electron chi connectivity index (χ1n) is 10.3. The topological polar surface area (TPSA) is 83.0 Å². The number of furan rings is 1. The summed E-state index contributed by atoms with van der Waals surface area (Å²) in [6.07, 6.45) is 2.53. The van der Waals surface area contributed by atoms with Crippen LogP contribution in [0.15, 0.2) is 61.9 Å². The summed E-state index contributed by atoms with van der Waals surface area (Å²) in [5.41, 5.74) is 1.27. The highest BCUT2D eigenvalue weighted by Gasteiger charge is 2.34. The number of carbonyl (C=O) groups excluding carboxylic acids is 1. The molecule has 0 N–H and O–H groups in total. The Morgan fingerprint density at radius 3 is 2.72 bits per heavy atom. The van der Waals surface area contributed by atoms with Gasteiger partial charge < -0.3 is 13.9 Å². The van der Waals surface area contributed by atoms with Gasteiger partial charge in [0.25, 0.3) is 5.56 Å². The quantitative estimate of drug-likeness (QED) is 0.537. The van der Waals surface area contributed by atoms with Crippen LogP contribution < -0.4 is 19.6 Å². The minimum atomic E-state index is -0.716. The monoisotopic (exact) mass is 452 g/mol. The highest BCUT2D eigenvalue weighted by Crippen LogP contribution is 2.35. The minimum Gasteiger partial charge on any atom is -0.493 e. The average Bonchev–Trinajstić information content (AvgIpc) is 3.33. The molecule has 1 atom stereocenters. The number of hydrogen-bond acceptors (Lipinski definition) is 7. The summed E-state index contributed by atoms with van der Waals surface area (Å²) < 4.78 is 18.6. The third-order valence-corrected chi connectivity index (χ3v) is 6.12. The van der Waals surface area contributed by atoms with E-state index in [0.29, 0.717) is 44.3 Å². The molecule has 3 heterocycles.